The molecule has 0 unspecified atom stereocenters. The molecule has 0 amide bonds. The Morgan fingerprint density at radius 2 is 1.90 bits per heavy atom. The molecule has 6 heteroatoms. The molecule has 21 heavy (non-hydrogen) atoms. The van der Waals surface area contributed by atoms with Gasteiger partial charge in [0.1, 0.15) is 5.75 Å². The van der Waals surface area contributed by atoms with Crippen molar-refractivity contribution in [3.63, 3.8) is 0 Å². The van der Waals surface area contributed by atoms with Crippen LogP contribution in [0, 0.1) is 0 Å². The fourth-order valence-corrected chi connectivity index (χ4v) is 2.41. The second kappa shape index (κ2) is 9.93. The lowest BCUT2D eigenvalue weighted by Gasteiger charge is -2.08. The molecule has 2 rings (SSSR count). The van der Waals surface area contributed by atoms with E-state index in [1.165, 1.54) is 6.42 Å². The van der Waals surface area contributed by atoms with Gasteiger partial charge < -0.3 is 9.30 Å². The molecular formula is C15H19Cl3N2O. The highest BCUT2D eigenvalue weighted by Gasteiger charge is 2.01. The van der Waals surface area contributed by atoms with Crippen LogP contribution in [0.15, 0.2) is 36.9 Å². The number of halogens is 3. The third kappa shape index (κ3) is 6.60. The van der Waals surface area contributed by atoms with Crippen LogP contribution in [0.25, 0.3) is 0 Å². The van der Waals surface area contributed by atoms with Crippen molar-refractivity contribution in [3.8, 4) is 5.75 Å². The number of nitrogens with zero attached hydrogens (tertiary/aromatic N) is 2. The van der Waals surface area contributed by atoms with Crippen LogP contribution in [0.2, 0.25) is 10.0 Å². The van der Waals surface area contributed by atoms with Crippen molar-refractivity contribution < 1.29 is 4.74 Å². The summed E-state index contributed by atoms with van der Waals surface area (Å²) in [5.74, 6) is 0.703. The average molecular weight is 350 g/mol. The Balaban J connectivity index is 0.00000220. The lowest BCUT2D eigenvalue weighted by Crippen LogP contribution is -1.99. The van der Waals surface area contributed by atoms with Gasteiger partial charge in [0.15, 0.2) is 0 Å². The van der Waals surface area contributed by atoms with Gasteiger partial charge in [-0.15, -0.1) is 12.4 Å². The Labute approximate surface area is 141 Å². The first-order valence-electron chi connectivity index (χ1n) is 6.79. The monoisotopic (exact) mass is 348 g/mol. The van der Waals surface area contributed by atoms with E-state index in [9.17, 15) is 0 Å². The summed E-state index contributed by atoms with van der Waals surface area (Å²) in [4.78, 5) is 4.02. The highest BCUT2D eigenvalue weighted by atomic mass is 35.5. The smallest absolute Gasteiger partial charge is 0.137 e. The van der Waals surface area contributed by atoms with Crippen LogP contribution in [-0.2, 0) is 6.54 Å². The van der Waals surface area contributed by atoms with Gasteiger partial charge >= 0.3 is 0 Å². The van der Waals surface area contributed by atoms with Crippen LogP contribution in [0.1, 0.15) is 25.7 Å². The number of aryl methyl sites for hydroxylation is 1. The Morgan fingerprint density at radius 3 is 2.62 bits per heavy atom. The van der Waals surface area contributed by atoms with Crippen LogP contribution in [0.3, 0.4) is 0 Å². The lowest BCUT2D eigenvalue weighted by atomic mass is 10.2. The van der Waals surface area contributed by atoms with E-state index < -0.39 is 0 Å². The largest absolute Gasteiger partial charge is 0.492 e. The molecule has 0 aliphatic rings. The first-order valence-corrected chi connectivity index (χ1v) is 7.55. The molecule has 2 aromatic rings. The molecule has 0 aliphatic heterocycles. The fraction of sp³-hybridized carbons (Fsp3) is 0.400. The van der Waals surface area contributed by atoms with Gasteiger partial charge in [-0.1, -0.05) is 36.0 Å². The number of ether oxygens (including phenoxy) is 1. The maximum Gasteiger partial charge on any atom is 0.137 e. The maximum atomic E-state index is 6.03. The van der Waals surface area contributed by atoms with Crippen molar-refractivity contribution in [1.82, 2.24) is 9.55 Å². The summed E-state index contributed by atoms with van der Waals surface area (Å²) in [6.07, 6.45) is 10.2. The molecule has 0 saturated heterocycles. The highest BCUT2D eigenvalue weighted by molar-refractivity contribution is 6.35. The number of unbranched alkanes of at least 4 members (excludes halogenated alkanes) is 3. The molecule has 0 saturated carbocycles. The molecule has 0 atom stereocenters. The summed E-state index contributed by atoms with van der Waals surface area (Å²) in [6, 6.07) is 5.29. The van der Waals surface area contributed by atoms with Gasteiger partial charge in [-0.05, 0) is 31.0 Å². The van der Waals surface area contributed by atoms with Crippen LogP contribution < -0.4 is 4.74 Å². The quantitative estimate of drug-likeness (QED) is 0.608. The van der Waals surface area contributed by atoms with Crippen molar-refractivity contribution >= 4 is 35.6 Å². The molecule has 0 aliphatic carbocycles. The van der Waals surface area contributed by atoms with E-state index in [0.717, 1.165) is 25.8 Å². The van der Waals surface area contributed by atoms with E-state index >= 15 is 0 Å². The minimum Gasteiger partial charge on any atom is -0.492 e. The zero-order valence-electron chi connectivity index (χ0n) is 11.7. The van der Waals surface area contributed by atoms with Crippen molar-refractivity contribution in [3.05, 3.63) is 47.0 Å². The van der Waals surface area contributed by atoms with Gasteiger partial charge in [-0.2, -0.15) is 0 Å². The zero-order valence-corrected chi connectivity index (χ0v) is 14.0. The van der Waals surface area contributed by atoms with Gasteiger partial charge in [-0.3, -0.25) is 0 Å². The van der Waals surface area contributed by atoms with E-state index in [-0.39, 0.29) is 12.4 Å². The fourth-order valence-electron chi connectivity index (χ4n) is 1.94. The molecule has 1 aromatic heterocycles. The van der Waals surface area contributed by atoms with Crippen LogP contribution >= 0.6 is 35.6 Å². The maximum absolute atomic E-state index is 6.03. The average Bonchev–Trinajstić information content (AvgIpc) is 2.93. The van der Waals surface area contributed by atoms with Gasteiger partial charge in [0.25, 0.3) is 0 Å². The van der Waals surface area contributed by atoms with Gasteiger partial charge in [0.2, 0.25) is 0 Å². The normalized spacial score (nSPS) is 10.2. The van der Waals surface area contributed by atoms with Gasteiger partial charge in [0, 0.05) is 24.0 Å². The van der Waals surface area contributed by atoms with Crippen molar-refractivity contribution in [2.24, 2.45) is 0 Å². The Bertz CT molecular complexity index is 518. The first kappa shape index (κ1) is 18.1. The number of rotatable bonds is 8. The van der Waals surface area contributed by atoms with E-state index in [1.54, 1.807) is 12.1 Å². The minimum absolute atomic E-state index is 0. The van der Waals surface area contributed by atoms with Crippen LogP contribution in [0.4, 0.5) is 0 Å². The number of aromatic nitrogens is 2. The first-order chi connectivity index (χ1) is 9.75. The summed E-state index contributed by atoms with van der Waals surface area (Å²) in [5, 5.41) is 1.19. The number of hydrogen-bond donors (Lipinski definition) is 0. The Kier molecular flexibility index (Phi) is 8.58. The third-order valence-electron chi connectivity index (χ3n) is 3.02. The second-order valence-corrected chi connectivity index (χ2v) is 5.48. The number of imidazole rings is 1. The van der Waals surface area contributed by atoms with Crippen LogP contribution in [-0.4, -0.2) is 16.2 Å². The summed E-state index contributed by atoms with van der Waals surface area (Å²) in [6.45, 7) is 1.72. The van der Waals surface area contributed by atoms with E-state index in [1.807, 2.05) is 24.8 Å². The summed E-state index contributed by atoms with van der Waals surface area (Å²) in [5.41, 5.74) is 0. The van der Waals surface area contributed by atoms with E-state index in [2.05, 4.69) is 9.55 Å². The SMILES string of the molecule is Cl.Clc1ccc(OCCCCCCn2ccnc2)c(Cl)c1. The molecular weight excluding hydrogens is 331 g/mol. The second-order valence-electron chi connectivity index (χ2n) is 4.64. The predicted octanol–water partition coefficient (Wildman–Crippen LogP) is 5.25. The molecule has 0 fully saturated rings. The Hall–Kier alpha value is -0.900. The van der Waals surface area contributed by atoms with Gasteiger partial charge in [0.05, 0.1) is 18.0 Å². The lowest BCUT2D eigenvalue weighted by molar-refractivity contribution is 0.304. The third-order valence-corrected chi connectivity index (χ3v) is 3.55. The van der Waals surface area contributed by atoms with Gasteiger partial charge in [-0.25, -0.2) is 4.98 Å². The molecule has 0 radical (unpaired) electrons. The minimum atomic E-state index is 0. The zero-order chi connectivity index (χ0) is 14.2. The molecule has 0 spiro atoms. The molecule has 0 bridgehead atoms. The number of hydrogen-bond acceptors (Lipinski definition) is 2. The van der Waals surface area contributed by atoms with Crippen LogP contribution in [0.5, 0.6) is 5.75 Å². The molecule has 3 nitrogen and oxygen atoms in total. The van der Waals surface area contributed by atoms with Crippen molar-refractivity contribution in [2.75, 3.05) is 6.61 Å². The van der Waals surface area contributed by atoms with E-state index in [0.29, 0.717) is 22.4 Å². The summed E-state index contributed by atoms with van der Waals surface area (Å²) in [7, 11) is 0. The molecule has 1 heterocycles. The molecule has 116 valence electrons. The number of benzene rings is 1. The topological polar surface area (TPSA) is 27.1 Å². The summed E-state index contributed by atoms with van der Waals surface area (Å²) < 4.78 is 7.74. The van der Waals surface area contributed by atoms with E-state index in [4.69, 9.17) is 27.9 Å². The Morgan fingerprint density at radius 1 is 1.10 bits per heavy atom. The van der Waals surface area contributed by atoms with Crippen molar-refractivity contribution in [2.45, 2.75) is 32.2 Å². The standard InChI is InChI=1S/C15H18Cl2N2O.ClH/c16-13-5-6-15(14(17)11-13)20-10-4-2-1-3-8-19-9-7-18-12-19;/h5-7,9,11-12H,1-4,8,10H2;1H. The predicted molar refractivity (Wildman–Crippen MR) is 89.9 cm³/mol. The van der Waals surface area contributed by atoms with Crippen molar-refractivity contribution in [1.29, 1.82) is 0 Å². The molecule has 1 aromatic carbocycles. The summed E-state index contributed by atoms with van der Waals surface area (Å²) >= 11 is 11.9. The highest BCUT2D eigenvalue weighted by Crippen LogP contribution is 2.27. The molecule has 0 N–H and O–H groups in total.